The quantitative estimate of drug-likeness (QED) is 0.790. The van der Waals surface area contributed by atoms with Crippen molar-refractivity contribution in [2.24, 2.45) is 17.6 Å². The van der Waals surface area contributed by atoms with Crippen molar-refractivity contribution in [1.82, 2.24) is 10.2 Å². The fourth-order valence-corrected chi connectivity index (χ4v) is 2.54. The second kappa shape index (κ2) is 6.89. The van der Waals surface area contributed by atoms with Gasteiger partial charge in [-0.25, -0.2) is 0 Å². The van der Waals surface area contributed by atoms with Gasteiger partial charge in [-0.2, -0.15) is 0 Å². The van der Waals surface area contributed by atoms with E-state index < -0.39 is 6.04 Å². The van der Waals surface area contributed by atoms with Crippen molar-refractivity contribution in [3.63, 3.8) is 0 Å². The van der Waals surface area contributed by atoms with E-state index in [0.717, 1.165) is 19.3 Å². The summed E-state index contributed by atoms with van der Waals surface area (Å²) in [6.07, 6.45) is 2.52. The number of hydrogen-bond acceptors (Lipinski definition) is 3. The normalized spacial score (nSPS) is 28.6. The summed E-state index contributed by atoms with van der Waals surface area (Å²) >= 11 is 0. The highest BCUT2D eigenvalue weighted by Gasteiger charge is 2.31. The zero-order valence-electron chi connectivity index (χ0n) is 12.5. The van der Waals surface area contributed by atoms with Crippen LogP contribution in [0.15, 0.2) is 0 Å². The molecular weight excluding hydrogens is 242 g/mol. The van der Waals surface area contributed by atoms with Gasteiger partial charge in [-0.15, -0.1) is 0 Å². The number of nitrogens with zero attached hydrogens (tertiary/aromatic N) is 1. The Kier molecular flexibility index (Phi) is 5.79. The largest absolute Gasteiger partial charge is 0.344 e. The molecule has 0 aromatic heterocycles. The molecule has 4 atom stereocenters. The van der Waals surface area contributed by atoms with Crippen molar-refractivity contribution in [3.8, 4) is 0 Å². The molecule has 1 fully saturated rings. The lowest BCUT2D eigenvalue weighted by Gasteiger charge is -2.32. The highest BCUT2D eigenvalue weighted by molar-refractivity contribution is 5.88. The van der Waals surface area contributed by atoms with Gasteiger partial charge in [0.25, 0.3) is 0 Å². The maximum Gasteiger partial charge on any atom is 0.244 e. The SMILES string of the molecule is CCN(C)C(=O)C(C)NC(=O)C1CCC(N)C(C)C1. The summed E-state index contributed by atoms with van der Waals surface area (Å²) in [5.41, 5.74) is 5.96. The molecule has 110 valence electrons. The lowest BCUT2D eigenvalue weighted by atomic mass is 9.79. The van der Waals surface area contributed by atoms with E-state index in [1.807, 2.05) is 6.92 Å². The number of carbonyl (C=O) groups excluding carboxylic acids is 2. The number of amides is 2. The molecule has 2 amide bonds. The van der Waals surface area contributed by atoms with E-state index in [2.05, 4.69) is 12.2 Å². The van der Waals surface area contributed by atoms with Crippen molar-refractivity contribution < 1.29 is 9.59 Å². The average Bonchev–Trinajstić information content (AvgIpc) is 2.39. The van der Waals surface area contributed by atoms with Crippen LogP contribution < -0.4 is 11.1 Å². The van der Waals surface area contributed by atoms with Gasteiger partial charge in [0, 0.05) is 25.6 Å². The summed E-state index contributed by atoms with van der Waals surface area (Å²) in [6, 6.07) is -0.252. The summed E-state index contributed by atoms with van der Waals surface area (Å²) in [7, 11) is 1.74. The molecule has 0 spiro atoms. The van der Waals surface area contributed by atoms with Gasteiger partial charge < -0.3 is 16.0 Å². The second-order valence-electron chi connectivity index (χ2n) is 5.73. The van der Waals surface area contributed by atoms with Crippen LogP contribution in [-0.2, 0) is 9.59 Å². The number of rotatable bonds is 4. The third kappa shape index (κ3) is 4.20. The molecule has 0 saturated heterocycles. The molecule has 5 nitrogen and oxygen atoms in total. The van der Waals surface area contributed by atoms with Gasteiger partial charge in [0.1, 0.15) is 6.04 Å². The topological polar surface area (TPSA) is 75.4 Å². The molecular formula is C14H27N3O2. The summed E-state index contributed by atoms with van der Waals surface area (Å²) in [5.74, 6) is 0.311. The van der Waals surface area contributed by atoms with Crippen molar-refractivity contribution in [3.05, 3.63) is 0 Å². The minimum atomic E-state index is -0.455. The first kappa shape index (κ1) is 16.0. The van der Waals surface area contributed by atoms with Crippen LogP contribution in [-0.4, -0.2) is 42.4 Å². The highest BCUT2D eigenvalue weighted by atomic mass is 16.2. The van der Waals surface area contributed by atoms with Gasteiger partial charge in [-0.3, -0.25) is 9.59 Å². The Bertz CT molecular complexity index is 333. The number of nitrogens with one attached hydrogen (secondary N) is 1. The average molecular weight is 269 g/mol. The van der Waals surface area contributed by atoms with Crippen LogP contribution in [0.2, 0.25) is 0 Å². The predicted octanol–water partition coefficient (Wildman–Crippen LogP) is 0.733. The Morgan fingerprint density at radius 3 is 2.58 bits per heavy atom. The van der Waals surface area contributed by atoms with Crippen LogP contribution in [0.5, 0.6) is 0 Å². The molecule has 0 aromatic rings. The highest BCUT2D eigenvalue weighted by Crippen LogP contribution is 2.28. The van der Waals surface area contributed by atoms with E-state index >= 15 is 0 Å². The van der Waals surface area contributed by atoms with Crippen molar-refractivity contribution >= 4 is 11.8 Å². The Morgan fingerprint density at radius 1 is 1.42 bits per heavy atom. The van der Waals surface area contributed by atoms with Crippen LogP contribution in [0.3, 0.4) is 0 Å². The lowest BCUT2D eigenvalue weighted by molar-refractivity contribution is -0.136. The molecule has 0 radical (unpaired) electrons. The first-order valence-corrected chi connectivity index (χ1v) is 7.17. The van der Waals surface area contributed by atoms with E-state index in [1.165, 1.54) is 0 Å². The first-order chi connectivity index (χ1) is 8.86. The molecule has 1 rings (SSSR count). The maximum absolute atomic E-state index is 12.2. The third-order valence-corrected chi connectivity index (χ3v) is 4.19. The van der Waals surface area contributed by atoms with Crippen LogP contribution >= 0.6 is 0 Å². The smallest absolute Gasteiger partial charge is 0.244 e. The van der Waals surface area contributed by atoms with Gasteiger partial charge in [-0.1, -0.05) is 6.92 Å². The Balaban J connectivity index is 2.49. The van der Waals surface area contributed by atoms with Gasteiger partial charge in [0.2, 0.25) is 11.8 Å². The molecule has 0 aromatic carbocycles. The van der Waals surface area contributed by atoms with Crippen molar-refractivity contribution in [2.75, 3.05) is 13.6 Å². The van der Waals surface area contributed by atoms with Gasteiger partial charge in [-0.05, 0) is 39.0 Å². The van der Waals surface area contributed by atoms with E-state index in [4.69, 9.17) is 5.73 Å². The molecule has 0 heterocycles. The van der Waals surface area contributed by atoms with Crippen molar-refractivity contribution in [2.45, 2.75) is 52.1 Å². The fraction of sp³-hybridized carbons (Fsp3) is 0.857. The maximum atomic E-state index is 12.2. The van der Waals surface area contributed by atoms with Gasteiger partial charge in [0.05, 0.1) is 0 Å². The predicted molar refractivity (Wildman–Crippen MR) is 75.4 cm³/mol. The summed E-state index contributed by atoms with van der Waals surface area (Å²) in [6.45, 7) is 6.39. The van der Waals surface area contributed by atoms with Crippen molar-refractivity contribution in [1.29, 1.82) is 0 Å². The molecule has 0 bridgehead atoms. The number of carbonyl (C=O) groups is 2. The number of hydrogen-bond donors (Lipinski definition) is 2. The van der Waals surface area contributed by atoms with Crippen LogP contribution in [0.25, 0.3) is 0 Å². The minimum Gasteiger partial charge on any atom is -0.344 e. The lowest BCUT2D eigenvalue weighted by Crippen LogP contribution is -2.48. The zero-order valence-corrected chi connectivity index (χ0v) is 12.5. The van der Waals surface area contributed by atoms with Gasteiger partial charge >= 0.3 is 0 Å². The molecule has 5 heteroatoms. The molecule has 1 aliphatic rings. The van der Waals surface area contributed by atoms with E-state index in [1.54, 1.807) is 18.9 Å². The number of likely N-dealkylation sites (N-methyl/N-ethyl adjacent to an activating group) is 1. The molecule has 1 saturated carbocycles. The zero-order chi connectivity index (χ0) is 14.6. The Morgan fingerprint density at radius 2 is 2.05 bits per heavy atom. The fourth-order valence-electron chi connectivity index (χ4n) is 2.54. The standard InChI is InChI=1S/C14H27N3O2/c1-5-17(4)14(19)10(3)16-13(18)11-6-7-12(15)9(2)8-11/h9-12H,5-8,15H2,1-4H3,(H,16,18). The molecule has 19 heavy (non-hydrogen) atoms. The third-order valence-electron chi connectivity index (χ3n) is 4.19. The second-order valence-corrected chi connectivity index (χ2v) is 5.73. The van der Waals surface area contributed by atoms with E-state index in [9.17, 15) is 9.59 Å². The molecule has 3 N–H and O–H groups in total. The number of nitrogens with two attached hydrogens (primary N) is 1. The van der Waals surface area contributed by atoms with Crippen LogP contribution in [0.1, 0.15) is 40.0 Å². The molecule has 1 aliphatic carbocycles. The minimum absolute atomic E-state index is 0.00279. The molecule has 0 aliphatic heterocycles. The van der Waals surface area contributed by atoms with Crippen LogP contribution in [0.4, 0.5) is 0 Å². The Hall–Kier alpha value is -1.10. The summed E-state index contributed by atoms with van der Waals surface area (Å²) in [4.78, 5) is 25.7. The van der Waals surface area contributed by atoms with E-state index in [0.29, 0.717) is 12.5 Å². The van der Waals surface area contributed by atoms with Crippen LogP contribution in [0, 0.1) is 11.8 Å². The van der Waals surface area contributed by atoms with E-state index in [-0.39, 0.29) is 23.8 Å². The summed E-state index contributed by atoms with van der Waals surface area (Å²) in [5, 5.41) is 2.83. The summed E-state index contributed by atoms with van der Waals surface area (Å²) < 4.78 is 0. The first-order valence-electron chi connectivity index (χ1n) is 7.17. The monoisotopic (exact) mass is 269 g/mol. The Labute approximate surface area is 115 Å². The van der Waals surface area contributed by atoms with Gasteiger partial charge in [0.15, 0.2) is 0 Å². The molecule has 4 unspecified atom stereocenters.